The van der Waals surface area contributed by atoms with Crippen molar-refractivity contribution in [3.63, 3.8) is 0 Å². The highest BCUT2D eigenvalue weighted by atomic mass is 16.5. The quantitative estimate of drug-likeness (QED) is 0.908. The fourth-order valence-electron chi connectivity index (χ4n) is 3.36. The number of hydrogen-bond acceptors (Lipinski definition) is 5. The fraction of sp³-hybridized carbons (Fsp3) is 0.400. The fourth-order valence-corrected chi connectivity index (χ4v) is 3.36. The first kappa shape index (κ1) is 16.8. The standard InChI is InChI=1S/C20H24N4O2/c1-23-7-9-24(10-8-23)19-5-2-15(13-21-19)14-22-20(25)17-3-4-18-16(12-17)6-11-26-18/h2-5,12-13H,6-11,14H2,1H3,(H,22,25). The van der Waals surface area contributed by atoms with Gasteiger partial charge in [-0.1, -0.05) is 6.07 Å². The number of rotatable bonds is 4. The number of benzene rings is 1. The molecule has 0 saturated carbocycles. The molecule has 0 aliphatic carbocycles. The van der Waals surface area contributed by atoms with Crippen LogP contribution in [0.3, 0.4) is 0 Å². The first-order valence-electron chi connectivity index (χ1n) is 9.11. The van der Waals surface area contributed by atoms with E-state index in [1.54, 1.807) is 0 Å². The topological polar surface area (TPSA) is 57.7 Å². The SMILES string of the molecule is CN1CCN(c2ccc(CNC(=O)c3ccc4c(c3)CCO4)cn2)CC1. The zero-order valence-electron chi connectivity index (χ0n) is 15.1. The van der Waals surface area contributed by atoms with Crippen LogP contribution in [0.1, 0.15) is 21.5 Å². The summed E-state index contributed by atoms with van der Waals surface area (Å²) < 4.78 is 5.48. The molecule has 1 aromatic carbocycles. The van der Waals surface area contributed by atoms with Gasteiger partial charge >= 0.3 is 0 Å². The minimum absolute atomic E-state index is 0.0668. The lowest BCUT2D eigenvalue weighted by atomic mass is 10.1. The van der Waals surface area contributed by atoms with Gasteiger partial charge in [-0.2, -0.15) is 0 Å². The number of hydrogen-bond donors (Lipinski definition) is 1. The van der Waals surface area contributed by atoms with Crippen molar-refractivity contribution in [3.05, 3.63) is 53.2 Å². The highest BCUT2D eigenvalue weighted by Gasteiger charge is 2.16. The van der Waals surface area contributed by atoms with Gasteiger partial charge < -0.3 is 19.9 Å². The molecule has 2 aromatic rings. The summed E-state index contributed by atoms with van der Waals surface area (Å²) in [4.78, 5) is 21.6. The van der Waals surface area contributed by atoms with Crippen molar-refractivity contribution in [1.29, 1.82) is 0 Å². The summed E-state index contributed by atoms with van der Waals surface area (Å²) in [6.07, 6.45) is 2.72. The Labute approximate surface area is 153 Å². The average Bonchev–Trinajstić information content (AvgIpc) is 3.15. The molecule has 26 heavy (non-hydrogen) atoms. The van der Waals surface area contributed by atoms with Crippen LogP contribution in [0.4, 0.5) is 5.82 Å². The predicted molar refractivity (Wildman–Crippen MR) is 101 cm³/mol. The van der Waals surface area contributed by atoms with Crippen LogP contribution >= 0.6 is 0 Å². The minimum atomic E-state index is -0.0668. The molecule has 2 aliphatic heterocycles. The van der Waals surface area contributed by atoms with Crippen LogP contribution in [-0.4, -0.2) is 55.6 Å². The first-order chi connectivity index (χ1) is 12.7. The third-order valence-corrected chi connectivity index (χ3v) is 5.04. The molecule has 1 saturated heterocycles. The van der Waals surface area contributed by atoms with Crippen molar-refractivity contribution < 1.29 is 9.53 Å². The Hall–Kier alpha value is -2.60. The van der Waals surface area contributed by atoms with Crippen LogP contribution in [-0.2, 0) is 13.0 Å². The number of aromatic nitrogens is 1. The van der Waals surface area contributed by atoms with E-state index in [1.165, 1.54) is 0 Å². The molecule has 6 heteroatoms. The molecule has 0 bridgehead atoms. The number of nitrogens with one attached hydrogen (secondary N) is 1. The normalized spacial score (nSPS) is 16.9. The maximum absolute atomic E-state index is 12.4. The van der Waals surface area contributed by atoms with E-state index in [4.69, 9.17) is 4.74 Å². The van der Waals surface area contributed by atoms with Crippen LogP contribution in [0, 0.1) is 0 Å². The highest BCUT2D eigenvalue weighted by molar-refractivity contribution is 5.94. The molecule has 1 aromatic heterocycles. The number of carbonyl (C=O) groups is 1. The lowest BCUT2D eigenvalue weighted by Gasteiger charge is -2.33. The van der Waals surface area contributed by atoms with E-state index in [0.29, 0.717) is 18.7 Å². The van der Waals surface area contributed by atoms with Gasteiger partial charge in [0.25, 0.3) is 5.91 Å². The van der Waals surface area contributed by atoms with Crippen LogP contribution in [0.2, 0.25) is 0 Å². The third-order valence-electron chi connectivity index (χ3n) is 5.04. The Morgan fingerprint density at radius 1 is 1.19 bits per heavy atom. The van der Waals surface area contributed by atoms with Crippen molar-refractivity contribution in [3.8, 4) is 5.75 Å². The van der Waals surface area contributed by atoms with E-state index in [9.17, 15) is 4.79 Å². The molecule has 1 N–H and O–H groups in total. The van der Waals surface area contributed by atoms with Gasteiger partial charge in [-0.3, -0.25) is 4.79 Å². The summed E-state index contributed by atoms with van der Waals surface area (Å²) in [6, 6.07) is 9.70. The lowest BCUT2D eigenvalue weighted by molar-refractivity contribution is 0.0951. The largest absolute Gasteiger partial charge is 0.493 e. The molecule has 4 rings (SSSR count). The molecule has 6 nitrogen and oxygen atoms in total. The molecule has 0 spiro atoms. The van der Waals surface area contributed by atoms with Gasteiger partial charge in [-0.05, 0) is 42.4 Å². The number of ether oxygens (including phenoxy) is 1. The maximum Gasteiger partial charge on any atom is 0.251 e. The van der Waals surface area contributed by atoms with E-state index >= 15 is 0 Å². The molecule has 1 fully saturated rings. The van der Waals surface area contributed by atoms with Crippen molar-refractivity contribution in [2.45, 2.75) is 13.0 Å². The molecular weight excluding hydrogens is 328 g/mol. The van der Waals surface area contributed by atoms with Crippen molar-refractivity contribution in [2.75, 3.05) is 44.7 Å². The van der Waals surface area contributed by atoms with Gasteiger partial charge in [-0.25, -0.2) is 4.98 Å². The molecule has 2 aliphatic rings. The van der Waals surface area contributed by atoms with Crippen molar-refractivity contribution >= 4 is 11.7 Å². The van der Waals surface area contributed by atoms with Crippen LogP contribution in [0.15, 0.2) is 36.5 Å². The zero-order chi connectivity index (χ0) is 17.9. The van der Waals surface area contributed by atoms with Gasteiger partial charge in [-0.15, -0.1) is 0 Å². The highest BCUT2D eigenvalue weighted by Crippen LogP contribution is 2.25. The Morgan fingerprint density at radius 2 is 2.04 bits per heavy atom. The predicted octanol–water partition coefficient (Wildman–Crippen LogP) is 1.70. The Morgan fingerprint density at radius 3 is 2.81 bits per heavy atom. The summed E-state index contributed by atoms with van der Waals surface area (Å²) >= 11 is 0. The molecular formula is C20H24N4O2. The van der Waals surface area contributed by atoms with Crippen LogP contribution in [0.5, 0.6) is 5.75 Å². The van der Waals surface area contributed by atoms with Gasteiger partial charge in [0.1, 0.15) is 11.6 Å². The number of carbonyl (C=O) groups excluding carboxylic acids is 1. The molecule has 0 atom stereocenters. The molecule has 3 heterocycles. The number of pyridine rings is 1. The number of amides is 1. The van der Waals surface area contributed by atoms with E-state index in [2.05, 4.69) is 27.1 Å². The third kappa shape index (κ3) is 3.65. The Balaban J connectivity index is 1.33. The summed E-state index contributed by atoms with van der Waals surface area (Å²) in [7, 11) is 2.14. The zero-order valence-corrected chi connectivity index (χ0v) is 15.1. The first-order valence-corrected chi connectivity index (χ1v) is 9.11. The smallest absolute Gasteiger partial charge is 0.251 e. The molecule has 1 amide bonds. The second-order valence-corrected chi connectivity index (χ2v) is 6.92. The molecule has 0 radical (unpaired) electrons. The second kappa shape index (κ2) is 7.33. The maximum atomic E-state index is 12.4. The van der Waals surface area contributed by atoms with Gasteiger partial charge in [0.2, 0.25) is 0 Å². The minimum Gasteiger partial charge on any atom is -0.493 e. The molecule has 136 valence electrons. The molecule has 0 unspecified atom stereocenters. The summed E-state index contributed by atoms with van der Waals surface area (Å²) in [5.41, 5.74) is 2.79. The van der Waals surface area contributed by atoms with Crippen molar-refractivity contribution in [1.82, 2.24) is 15.2 Å². The van der Waals surface area contributed by atoms with Gasteiger partial charge in [0, 0.05) is 50.9 Å². The number of likely N-dealkylation sites (N-methyl/N-ethyl adjacent to an activating group) is 1. The average molecular weight is 352 g/mol. The van der Waals surface area contributed by atoms with Gasteiger partial charge in [0.05, 0.1) is 6.61 Å². The number of nitrogens with zero attached hydrogens (tertiary/aromatic N) is 3. The Kier molecular flexibility index (Phi) is 4.75. The second-order valence-electron chi connectivity index (χ2n) is 6.92. The van der Waals surface area contributed by atoms with Crippen molar-refractivity contribution in [2.24, 2.45) is 0 Å². The summed E-state index contributed by atoms with van der Waals surface area (Å²) in [5.74, 6) is 1.83. The lowest BCUT2D eigenvalue weighted by Crippen LogP contribution is -2.44. The number of piperazine rings is 1. The summed E-state index contributed by atoms with van der Waals surface area (Å²) in [5, 5.41) is 2.97. The van der Waals surface area contributed by atoms with E-state index < -0.39 is 0 Å². The van der Waals surface area contributed by atoms with Gasteiger partial charge in [0.15, 0.2) is 0 Å². The van der Waals surface area contributed by atoms with Crippen LogP contribution in [0.25, 0.3) is 0 Å². The number of fused-ring (bicyclic) bond motifs is 1. The monoisotopic (exact) mass is 352 g/mol. The number of anilines is 1. The van der Waals surface area contributed by atoms with E-state index in [0.717, 1.165) is 55.3 Å². The van der Waals surface area contributed by atoms with E-state index in [-0.39, 0.29) is 5.91 Å². The van der Waals surface area contributed by atoms with E-state index in [1.807, 2.05) is 36.5 Å². The Bertz CT molecular complexity index is 783. The summed E-state index contributed by atoms with van der Waals surface area (Å²) in [6.45, 7) is 5.30. The van der Waals surface area contributed by atoms with Crippen LogP contribution < -0.4 is 15.0 Å².